The molecule has 1 atom stereocenters. The summed E-state index contributed by atoms with van der Waals surface area (Å²) in [4.78, 5) is 18.9. The number of rotatable bonds is 7. The first-order valence-corrected chi connectivity index (χ1v) is 10.4. The molecule has 1 unspecified atom stereocenters. The number of aryl methyl sites for hydroxylation is 1. The fourth-order valence-corrected chi connectivity index (χ4v) is 3.61. The van der Waals surface area contributed by atoms with Crippen LogP contribution in [0.2, 0.25) is 0 Å². The predicted octanol–water partition coefficient (Wildman–Crippen LogP) is 2.64. The highest BCUT2D eigenvalue weighted by Gasteiger charge is 2.25. The molecule has 0 bridgehead atoms. The van der Waals surface area contributed by atoms with Crippen molar-refractivity contribution in [3.63, 3.8) is 0 Å². The van der Waals surface area contributed by atoms with Gasteiger partial charge in [-0.05, 0) is 42.7 Å². The number of anilines is 2. The van der Waals surface area contributed by atoms with Gasteiger partial charge in [-0.15, -0.1) is 0 Å². The number of guanidine groups is 1. The summed E-state index contributed by atoms with van der Waals surface area (Å²) in [6, 6.07) is 16.2. The van der Waals surface area contributed by atoms with E-state index in [2.05, 4.69) is 44.9 Å². The van der Waals surface area contributed by atoms with Crippen LogP contribution in [0.15, 0.2) is 53.5 Å². The Hall–Kier alpha value is -3.22. The molecule has 1 saturated heterocycles. The molecule has 1 amide bonds. The van der Waals surface area contributed by atoms with Gasteiger partial charge in [0.05, 0.1) is 19.3 Å². The van der Waals surface area contributed by atoms with Gasteiger partial charge in [0.1, 0.15) is 5.75 Å². The van der Waals surface area contributed by atoms with E-state index in [9.17, 15) is 4.79 Å². The van der Waals surface area contributed by atoms with E-state index in [1.165, 1.54) is 5.56 Å². The SMILES string of the molecule is CCc1cccc(NC(=O)CNC(=NC)NC2CCN(c3ccccc3OC)C2)c1. The second kappa shape index (κ2) is 10.5. The summed E-state index contributed by atoms with van der Waals surface area (Å²) in [6.45, 7) is 4.02. The average molecular weight is 410 g/mol. The lowest BCUT2D eigenvalue weighted by atomic mass is 10.1. The van der Waals surface area contributed by atoms with Gasteiger partial charge in [0, 0.05) is 31.9 Å². The molecular weight excluding hydrogens is 378 g/mol. The van der Waals surface area contributed by atoms with Gasteiger partial charge in [-0.25, -0.2) is 0 Å². The minimum atomic E-state index is -0.103. The minimum Gasteiger partial charge on any atom is -0.495 e. The molecule has 0 aliphatic carbocycles. The van der Waals surface area contributed by atoms with Crippen LogP contribution in [0.5, 0.6) is 5.75 Å². The summed E-state index contributed by atoms with van der Waals surface area (Å²) in [5, 5.41) is 9.45. The Morgan fingerprint density at radius 2 is 2.07 bits per heavy atom. The zero-order chi connectivity index (χ0) is 21.3. The van der Waals surface area contributed by atoms with Crippen LogP contribution < -0.4 is 25.6 Å². The zero-order valence-electron chi connectivity index (χ0n) is 17.9. The summed E-state index contributed by atoms with van der Waals surface area (Å²) >= 11 is 0. The van der Waals surface area contributed by atoms with Gasteiger partial charge in [-0.2, -0.15) is 0 Å². The van der Waals surface area contributed by atoms with E-state index in [0.29, 0.717) is 5.96 Å². The van der Waals surface area contributed by atoms with Gasteiger partial charge in [0.25, 0.3) is 0 Å². The number of nitrogens with one attached hydrogen (secondary N) is 3. The molecule has 0 saturated carbocycles. The monoisotopic (exact) mass is 409 g/mol. The fraction of sp³-hybridized carbons (Fsp3) is 0.391. The summed E-state index contributed by atoms with van der Waals surface area (Å²) in [5.74, 6) is 1.40. The maximum Gasteiger partial charge on any atom is 0.243 e. The number of methoxy groups -OCH3 is 1. The average Bonchev–Trinajstić information content (AvgIpc) is 3.25. The van der Waals surface area contributed by atoms with Crippen molar-refractivity contribution in [2.45, 2.75) is 25.8 Å². The highest BCUT2D eigenvalue weighted by Crippen LogP contribution is 2.30. The van der Waals surface area contributed by atoms with Gasteiger partial charge < -0.3 is 25.6 Å². The maximum absolute atomic E-state index is 12.3. The number of benzene rings is 2. The first-order valence-electron chi connectivity index (χ1n) is 10.4. The van der Waals surface area contributed by atoms with Crippen LogP contribution in [0.3, 0.4) is 0 Å². The van der Waals surface area contributed by atoms with Gasteiger partial charge in [0.2, 0.25) is 5.91 Å². The largest absolute Gasteiger partial charge is 0.495 e. The van der Waals surface area contributed by atoms with E-state index in [0.717, 1.165) is 43.1 Å². The van der Waals surface area contributed by atoms with Crippen molar-refractivity contribution in [2.75, 3.05) is 44.0 Å². The Kier molecular flexibility index (Phi) is 7.54. The third-order valence-electron chi connectivity index (χ3n) is 5.21. The Morgan fingerprint density at radius 1 is 1.23 bits per heavy atom. The van der Waals surface area contributed by atoms with Crippen molar-refractivity contribution in [2.24, 2.45) is 4.99 Å². The van der Waals surface area contributed by atoms with Crippen LogP contribution in [-0.4, -0.2) is 51.7 Å². The summed E-state index contributed by atoms with van der Waals surface area (Å²) in [6.07, 6.45) is 1.92. The van der Waals surface area contributed by atoms with Crippen LogP contribution in [0.25, 0.3) is 0 Å². The van der Waals surface area contributed by atoms with Gasteiger partial charge in [-0.3, -0.25) is 9.79 Å². The number of para-hydroxylation sites is 2. The molecule has 2 aromatic carbocycles. The molecule has 1 aliphatic rings. The number of carbonyl (C=O) groups is 1. The van der Waals surface area contributed by atoms with Crippen molar-refractivity contribution in [3.8, 4) is 5.75 Å². The molecule has 1 aliphatic heterocycles. The number of hydrogen-bond acceptors (Lipinski definition) is 4. The Balaban J connectivity index is 1.48. The van der Waals surface area contributed by atoms with Crippen LogP contribution in [-0.2, 0) is 11.2 Å². The quantitative estimate of drug-likeness (QED) is 0.484. The summed E-state index contributed by atoms with van der Waals surface area (Å²) in [5.41, 5.74) is 3.10. The normalized spacial score (nSPS) is 16.3. The topological polar surface area (TPSA) is 78.0 Å². The minimum absolute atomic E-state index is 0.103. The van der Waals surface area contributed by atoms with Crippen molar-refractivity contribution in [1.82, 2.24) is 10.6 Å². The molecule has 0 radical (unpaired) electrons. The first-order chi connectivity index (χ1) is 14.6. The number of amides is 1. The molecule has 3 N–H and O–H groups in total. The molecule has 2 aromatic rings. The molecule has 7 nitrogen and oxygen atoms in total. The molecule has 0 aromatic heterocycles. The molecule has 160 valence electrons. The molecular formula is C23H31N5O2. The third kappa shape index (κ3) is 5.65. The number of ether oxygens (including phenoxy) is 1. The van der Waals surface area contributed by atoms with Crippen LogP contribution >= 0.6 is 0 Å². The van der Waals surface area contributed by atoms with Crippen molar-refractivity contribution >= 4 is 23.2 Å². The molecule has 1 fully saturated rings. The highest BCUT2D eigenvalue weighted by molar-refractivity contribution is 5.95. The van der Waals surface area contributed by atoms with E-state index < -0.39 is 0 Å². The van der Waals surface area contributed by atoms with E-state index in [4.69, 9.17) is 4.74 Å². The lowest BCUT2D eigenvalue weighted by Crippen LogP contribution is -2.46. The van der Waals surface area contributed by atoms with E-state index in [1.807, 2.05) is 36.4 Å². The number of nitrogens with zero attached hydrogens (tertiary/aromatic N) is 2. The Labute approximate surface area is 178 Å². The second-order valence-corrected chi connectivity index (χ2v) is 7.28. The number of carbonyl (C=O) groups excluding carboxylic acids is 1. The molecule has 3 rings (SSSR count). The van der Waals surface area contributed by atoms with Crippen molar-refractivity contribution in [3.05, 3.63) is 54.1 Å². The maximum atomic E-state index is 12.3. The lowest BCUT2D eigenvalue weighted by molar-refractivity contribution is -0.115. The molecule has 0 spiro atoms. The second-order valence-electron chi connectivity index (χ2n) is 7.28. The van der Waals surface area contributed by atoms with E-state index >= 15 is 0 Å². The molecule has 7 heteroatoms. The highest BCUT2D eigenvalue weighted by atomic mass is 16.5. The van der Waals surface area contributed by atoms with Crippen molar-refractivity contribution < 1.29 is 9.53 Å². The van der Waals surface area contributed by atoms with E-state index in [1.54, 1.807) is 14.2 Å². The zero-order valence-corrected chi connectivity index (χ0v) is 17.9. The number of hydrogen-bond donors (Lipinski definition) is 3. The Morgan fingerprint density at radius 3 is 2.83 bits per heavy atom. The third-order valence-corrected chi connectivity index (χ3v) is 5.21. The van der Waals surface area contributed by atoms with Gasteiger partial charge in [0.15, 0.2) is 5.96 Å². The summed E-state index contributed by atoms with van der Waals surface area (Å²) < 4.78 is 5.48. The standard InChI is InChI=1S/C23H31N5O2/c1-4-17-8-7-9-18(14-17)26-22(29)15-25-23(24-2)27-19-12-13-28(16-19)20-10-5-6-11-21(20)30-3/h5-11,14,19H,4,12-13,15-16H2,1-3H3,(H,26,29)(H2,24,25,27). The smallest absolute Gasteiger partial charge is 0.243 e. The van der Waals surface area contributed by atoms with Crippen LogP contribution in [0.4, 0.5) is 11.4 Å². The summed E-state index contributed by atoms with van der Waals surface area (Å²) in [7, 11) is 3.41. The van der Waals surface area contributed by atoms with Crippen LogP contribution in [0, 0.1) is 0 Å². The van der Waals surface area contributed by atoms with E-state index in [-0.39, 0.29) is 18.5 Å². The fourth-order valence-electron chi connectivity index (χ4n) is 3.61. The number of aliphatic imine (C=N–C) groups is 1. The van der Waals surface area contributed by atoms with Gasteiger partial charge in [-0.1, -0.05) is 31.2 Å². The van der Waals surface area contributed by atoms with Crippen LogP contribution in [0.1, 0.15) is 18.9 Å². The van der Waals surface area contributed by atoms with Gasteiger partial charge >= 0.3 is 0 Å². The molecule has 30 heavy (non-hydrogen) atoms. The predicted molar refractivity (Wildman–Crippen MR) is 123 cm³/mol. The lowest BCUT2D eigenvalue weighted by Gasteiger charge is -2.22. The Bertz CT molecular complexity index is 883. The first kappa shape index (κ1) is 21.5. The van der Waals surface area contributed by atoms with Crippen molar-refractivity contribution in [1.29, 1.82) is 0 Å². The molecule has 1 heterocycles.